The number of hydrogen-bond donors (Lipinski definition) is 2. The van der Waals surface area contributed by atoms with Crippen molar-refractivity contribution >= 4 is 5.97 Å². The fraction of sp³-hybridized carbons (Fsp3) is 0.214. The summed E-state index contributed by atoms with van der Waals surface area (Å²) < 4.78 is 5.43. The molecule has 0 aliphatic carbocycles. The second kappa shape index (κ2) is 3.99. The van der Waals surface area contributed by atoms with Crippen LogP contribution in [-0.2, 0) is 18.0 Å². The number of H-pyrrole nitrogens is 1. The Balaban J connectivity index is 2.13. The largest absolute Gasteiger partial charge is 0.477 e. The lowest BCUT2D eigenvalue weighted by Crippen LogP contribution is -1.98. The van der Waals surface area contributed by atoms with Gasteiger partial charge in [-0.05, 0) is 29.7 Å². The lowest BCUT2D eigenvalue weighted by Gasteiger charge is -2.04. The van der Waals surface area contributed by atoms with Crippen molar-refractivity contribution in [2.75, 3.05) is 0 Å². The van der Waals surface area contributed by atoms with Crippen molar-refractivity contribution in [3.8, 4) is 11.3 Å². The van der Waals surface area contributed by atoms with E-state index in [9.17, 15) is 4.79 Å². The molecular formula is C14H13NO3. The quantitative estimate of drug-likeness (QED) is 0.852. The van der Waals surface area contributed by atoms with Gasteiger partial charge in [-0.1, -0.05) is 18.2 Å². The zero-order valence-corrected chi connectivity index (χ0v) is 9.99. The van der Waals surface area contributed by atoms with Gasteiger partial charge in [0.2, 0.25) is 0 Å². The normalized spacial score (nSPS) is 13.6. The molecule has 0 saturated heterocycles. The molecule has 1 aliphatic rings. The molecule has 1 aromatic heterocycles. The highest BCUT2D eigenvalue weighted by Crippen LogP contribution is 2.31. The number of nitrogens with one attached hydrogen (secondary N) is 1. The van der Waals surface area contributed by atoms with Gasteiger partial charge in [0.15, 0.2) is 0 Å². The van der Waals surface area contributed by atoms with Crippen molar-refractivity contribution in [2.45, 2.75) is 20.1 Å². The van der Waals surface area contributed by atoms with Gasteiger partial charge in [-0.2, -0.15) is 0 Å². The number of ether oxygens (including phenoxy) is 1. The molecule has 1 aliphatic heterocycles. The highest BCUT2D eigenvalue weighted by Gasteiger charge is 2.18. The third kappa shape index (κ3) is 1.62. The van der Waals surface area contributed by atoms with Crippen LogP contribution < -0.4 is 0 Å². The van der Waals surface area contributed by atoms with Crippen LogP contribution in [0.15, 0.2) is 24.3 Å². The SMILES string of the molecule is Cc1cc(-c2cccc3c2COC3)[nH]c1C(=O)O. The molecule has 18 heavy (non-hydrogen) atoms. The van der Waals surface area contributed by atoms with Crippen molar-refractivity contribution in [3.63, 3.8) is 0 Å². The Morgan fingerprint density at radius 2 is 2.22 bits per heavy atom. The first-order valence-corrected chi connectivity index (χ1v) is 5.78. The lowest BCUT2D eigenvalue weighted by molar-refractivity contribution is 0.0690. The fourth-order valence-electron chi connectivity index (χ4n) is 2.38. The number of carboxylic acid groups (broad SMARTS) is 1. The minimum absolute atomic E-state index is 0.251. The molecular weight excluding hydrogens is 230 g/mol. The predicted molar refractivity (Wildman–Crippen MR) is 66.4 cm³/mol. The van der Waals surface area contributed by atoms with Gasteiger partial charge in [-0.3, -0.25) is 0 Å². The van der Waals surface area contributed by atoms with E-state index in [0.717, 1.165) is 22.4 Å². The molecule has 92 valence electrons. The van der Waals surface area contributed by atoms with Crippen molar-refractivity contribution in [3.05, 3.63) is 46.6 Å². The molecule has 1 aromatic carbocycles. The van der Waals surface area contributed by atoms with Crippen molar-refractivity contribution < 1.29 is 14.6 Å². The molecule has 2 heterocycles. The van der Waals surface area contributed by atoms with Gasteiger partial charge in [0.25, 0.3) is 0 Å². The van der Waals surface area contributed by atoms with Crippen LogP contribution in [0.1, 0.15) is 27.2 Å². The third-order valence-electron chi connectivity index (χ3n) is 3.30. The van der Waals surface area contributed by atoms with Gasteiger partial charge in [0, 0.05) is 11.3 Å². The molecule has 2 aromatic rings. The first kappa shape index (κ1) is 11.0. The molecule has 0 bridgehead atoms. The molecule has 0 unspecified atom stereocenters. The fourth-order valence-corrected chi connectivity index (χ4v) is 2.38. The van der Waals surface area contributed by atoms with Gasteiger partial charge in [0.1, 0.15) is 5.69 Å². The van der Waals surface area contributed by atoms with Crippen LogP contribution in [0.4, 0.5) is 0 Å². The number of benzene rings is 1. The first-order chi connectivity index (χ1) is 8.66. The Bertz CT molecular complexity index is 628. The summed E-state index contributed by atoms with van der Waals surface area (Å²) in [5.74, 6) is -0.928. The summed E-state index contributed by atoms with van der Waals surface area (Å²) in [7, 11) is 0. The number of aromatic carboxylic acids is 1. The van der Waals surface area contributed by atoms with E-state index >= 15 is 0 Å². The maximum Gasteiger partial charge on any atom is 0.352 e. The van der Waals surface area contributed by atoms with E-state index in [1.807, 2.05) is 24.3 Å². The molecule has 0 fully saturated rings. The standard InChI is InChI=1S/C14H13NO3/c1-8-5-12(15-13(8)14(16)17)10-4-2-3-9-6-18-7-11(9)10/h2-5,15H,6-7H2,1H3,(H,16,17). The maximum atomic E-state index is 11.0. The highest BCUT2D eigenvalue weighted by molar-refractivity contribution is 5.89. The molecule has 4 heteroatoms. The molecule has 0 atom stereocenters. The van der Waals surface area contributed by atoms with Crippen LogP contribution in [0.2, 0.25) is 0 Å². The Labute approximate surface area is 104 Å². The minimum Gasteiger partial charge on any atom is -0.477 e. The van der Waals surface area contributed by atoms with Crippen LogP contribution in [0.25, 0.3) is 11.3 Å². The smallest absolute Gasteiger partial charge is 0.352 e. The van der Waals surface area contributed by atoms with E-state index in [2.05, 4.69) is 4.98 Å². The topological polar surface area (TPSA) is 62.3 Å². The number of fused-ring (bicyclic) bond motifs is 1. The number of hydrogen-bond acceptors (Lipinski definition) is 2. The monoisotopic (exact) mass is 243 g/mol. The number of rotatable bonds is 2. The summed E-state index contributed by atoms with van der Waals surface area (Å²) >= 11 is 0. The number of carbonyl (C=O) groups is 1. The average Bonchev–Trinajstić information content (AvgIpc) is 2.94. The Kier molecular flexibility index (Phi) is 2.45. The van der Waals surface area contributed by atoms with E-state index in [0.29, 0.717) is 13.2 Å². The van der Waals surface area contributed by atoms with Crippen LogP contribution in [-0.4, -0.2) is 16.1 Å². The highest BCUT2D eigenvalue weighted by atomic mass is 16.5. The zero-order valence-electron chi connectivity index (χ0n) is 9.99. The number of aromatic nitrogens is 1. The van der Waals surface area contributed by atoms with Gasteiger partial charge in [0.05, 0.1) is 13.2 Å². The van der Waals surface area contributed by atoms with E-state index in [1.165, 1.54) is 5.56 Å². The Morgan fingerprint density at radius 3 is 2.94 bits per heavy atom. The maximum absolute atomic E-state index is 11.0. The summed E-state index contributed by atoms with van der Waals surface area (Å²) in [5.41, 5.74) is 5.19. The predicted octanol–water partition coefficient (Wildman–Crippen LogP) is 2.72. The lowest BCUT2D eigenvalue weighted by atomic mass is 10.0. The van der Waals surface area contributed by atoms with Gasteiger partial charge in [-0.25, -0.2) is 4.79 Å². The van der Waals surface area contributed by atoms with Crippen molar-refractivity contribution in [1.82, 2.24) is 4.98 Å². The van der Waals surface area contributed by atoms with Crippen molar-refractivity contribution in [1.29, 1.82) is 0 Å². The van der Waals surface area contributed by atoms with E-state index in [-0.39, 0.29) is 5.69 Å². The molecule has 0 radical (unpaired) electrons. The van der Waals surface area contributed by atoms with Crippen LogP contribution in [0, 0.1) is 6.92 Å². The molecule has 0 amide bonds. The molecule has 4 nitrogen and oxygen atoms in total. The minimum atomic E-state index is -0.928. The van der Waals surface area contributed by atoms with E-state index < -0.39 is 5.97 Å². The first-order valence-electron chi connectivity index (χ1n) is 5.78. The summed E-state index contributed by atoms with van der Waals surface area (Å²) in [6.07, 6.45) is 0. The van der Waals surface area contributed by atoms with Crippen LogP contribution in [0.3, 0.4) is 0 Å². The number of aryl methyl sites for hydroxylation is 1. The van der Waals surface area contributed by atoms with Crippen molar-refractivity contribution in [2.24, 2.45) is 0 Å². The molecule has 3 rings (SSSR count). The average molecular weight is 243 g/mol. The molecule has 2 N–H and O–H groups in total. The summed E-state index contributed by atoms with van der Waals surface area (Å²) in [4.78, 5) is 14.0. The zero-order chi connectivity index (χ0) is 12.7. The van der Waals surface area contributed by atoms with Crippen LogP contribution in [0.5, 0.6) is 0 Å². The van der Waals surface area contributed by atoms with Gasteiger partial charge >= 0.3 is 5.97 Å². The second-order valence-electron chi connectivity index (χ2n) is 4.48. The summed E-state index contributed by atoms with van der Waals surface area (Å²) in [5, 5.41) is 9.06. The Morgan fingerprint density at radius 1 is 1.39 bits per heavy atom. The molecule has 0 spiro atoms. The van der Waals surface area contributed by atoms with E-state index in [1.54, 1.807) is 6.92 Å². The second-order valence-corrected chi connectivity index (χ2v) is 4.48. The van der Waals surface area contributed by atoms with Crippen LogP contribution >= 0.6 is 0 Å². The third-order valence-corrected chi connectivity index (χ3v) is 3.30. The van der Waals surface area contributed by atoms with Gasteiger partial charge < -0.3 is 14.8 Å². The number of aromatic amines is 1. The molecule has 0 saturated carbocycles. The number of carboxylic acids is 1. The summed E-state index contributed by atoms with van der Waals surface area (Å²) in [6, 6.07) is 7.88. The summed E-state index contributed by atoms with van der Waals surface area (Å²) in [6.45, 7) is 3.02. The Hall–Kier alpha value is -2.07. The van der Waals surface area contributed by atoms with E-state index in [4.69, 9.17) is 9.84 Å². The van der Waals surface area contributed by atoms with Gasteiger partial charge in [-0.15, -0.1) is 0 Å².